The van der Waals surface area contributed by atoms with Crippen molar-refractivity contribution in [2.75, 3.05) is 0 Å². The van der Waals surface area contributed by atoms with Crippen molar-refractivity contribution in [3.8, 4) is 0 Å². The van der Waals surface area contributed by atoms with Gasteiger partial charge in [-0.05, 0) is 13.8 Å². The number of amides is 1. The van der Waals surface area contributed by atoms with Crippen molar-refractivity contribution < 1.29 is 13.2 Å². The van der Waals surface area contributed by atoms with Crippen LogP contribution in [0.1, 0.15) is 24.7 Å². The molecule has 17 heavy (non-hydrogen) atoms. The Balaban J connectivity index is 2.53. The Morgan fingerprint density at radius 2 is 2.00 bits per heavy atom. The molecule has 1 aromatic heterocycles. The van der Waals surface area contributed by atoms with Crippen molar-refractivity contribution in [3.05, 3.63) is 23.8 Å². The lowest BCUT2D eigenvalue weighted by Crippen LogP contribution is -2.61. The maximum Gasteiger partial charge on any atom is 0.324 e. The molecule has 2 heterocycles. The second-order valence-electron chi connectivity index (χ2n) is 4.04. The quantitative estimate of drug-likeness (QED) is 0.587. The Bertz CT molecular complexity index is 589. The van der Waals surface area contributed by atoms with Crippen LogP contribution < -0.4 is 0 Å². The highest BCUT2D eigenvalue weighted by molar-refractivity contribution is 8.12. The van der Waals surface area contributed by atoms with Crippen LogP contribution in [0.2, 0.25) is 0 Å². The molecule has 0 radical (unpaired) electrons. The third-order valence-electron chi connectivity index (χ3n) is 2.78. The summed E-state index contributed by atoms with van der Waals surface area (Å²) < 4.78 is 23.3. The largest absolute Gasteiger partial charge is 0.324 e. The first-order valence-corrected chi connectivity index (χ1v) is 7.09. The lowest BCUT2D eigenvalue weighted by Gasteiger charge is -2.46. The van der Waals surface area contributed by atoms with Crippen LogP contribution >= 0.6 is 10.7 Å². The predicted molar refractivity (Wildman–Crippen MR) is 60.4 cm³/mol. The molecule has 8 heteroatoms. The molecule has 6 nitrogen and oxygen atoms in total. The summed E-state index contributed by atoms with van der Waals surface area (Å²) in [4.78, 5) is 19.5. The SMILES string of the molecule is Cc1nccnc1C1(C)CC(=O)N1S(=O)(=O)Cl. The molecule has 0 bridgehead atoms. The van der Waals surface area contributed by atoms with Crippen LogP contribution in [0.3, 0.4) is 0 Å². The fourth-order valence-electron chi connectivity index (χ4n) is 2.10. The minimum atomic E-state index is -4.10. The van der Waals surface area contributed by atoms with Gasteiger partial charge in [-0.1, -0.05) is 0 Å². The average molecular weight is 276 g/mol. The summed E-state index contributed by atoms with van der Waals surface area (Å²) in [5, 5.41) is 0. The van der Waals surface area contributed by atoms with Crippen molar-refractivity contribution in [1.29, 1.82) is 0 Å². The lowest BCUT2D eigenvalue weighted by atomic mass is 9.84. The van der Waals surface area contributed by atoms with Crippen molar-refractivity contribution in [1.82, 2.24) is 14.3 Å². The molecule has 1 aliphatic rings. The minimum absolute atomic E-state index is 0.0541. The molecule has 1 fully saturated rings. The zero-order valence-corrected chi connectivity index (χ0v) is 10.8. The summed E-state index contributed by atoms with van der Waals surface area (Å²) in [5.41, 5.74) is -0.00707. The van der Waals surface area contributed by atoms with E-state index in [-0.39, 0.29) is 6.42 Å². The highest BCUT2D eigenvalue weighted by Gasteiger charge is 2.56. The summed E-state index contributed by atoms with van der Waals surface area (Å²) in [5.74, 6) is -0.535. The van der Waals surface area contributed by atoms with E-state index in [2.05, 4.69) is 9.97 Å². The third-order valence-corrected chi connectivity index (χ3v) is 4.24. The van der Waals surface area contributed by atoms with Crippen LogP contribution in [-0.2, 0) is 19.6 Å². The first-order valence-electron chi connectivity index (χ1n) is 4.83. The number of hydrogen-bond acceptors (Lipinski definition) is 5. The fraction of sp³-hybridized carbons (Fsp3) is 0.444. The lowest BCUT2D eigenvalue weighted by molar-refractivity contribution is -0.144. The van der Waals surface area contributed by atoms with Gasteiger partial charge in [0.15, 0.2) is 0 Å². The number of rotatable bonds is 2. The molecular weight excluding hydrogens is 266 g/mol. The summed E-state index contributed by atoms with van der Waals surface area (Å²) >= 11 is 0. The van der Waals surface area contributed by atoms with Crippen molar-refractivity contribution in [3.63, 3.8) is 0 Å². The maximum atomic E-state index is 11.4. The van der Waals surface area contributed by atoms with Gasteiger partial charge in [-0.15, -0.1) is 0 Å². The Labute approximate surface area is 103 Å². The highest BCUT2D eigenvalue weighted by atomic mass is 35.7. The molecule has 0 aromatic carbocycles. The van der Waals surface area contributed by atoms with Gasteiger partial charge in [0, 0.05) is 23.1 Å². The van der Waals surface area contributed by atoms with E-state index >= 15 is 0 Å². The zero-order valence-electron chi connectivity index (χ0n) is 9.21. The fourth-order valence-corrected chi connectivity index (χ4v) is 3.73. The van der Waals surface area contributed by atoms with Crippen LogP contribution in [-0.4, -0.2) is 28.6 Å². The topological polar surface area (TPSA) is 80.2 Å². The van der Waals surface area contributed by atoms with E-state index in [0.29, 0.717) is 15.7 Å². The summed E-state index contributed by atoms with van der Waals surface area (Å²) in [6.45, 7) is 3.31. The number of aromatic nitrogens is 2. The molecule has 1 aromatic rings. The van der Waals surface area contributed by atoms with Gasteiger partial charge in [0.2, 0.25) is 5.91 Å². The van der Waals surface area contributed by atoms with Crippen LogP contribution in [0.15, 0.2) is 12.4 Å². The van der Waals surface area contributed by atoms with Crippen LogP contribution in [0, 0.1) is 6.92 Å². The number of β-lactam (4-membered cyclic amide) rings is 1. The van der Waals surface area contributed by atoms with Gasteiger partial charge in [-0.25, -0.2) is 4.31 Å². The molecule has 1 amide bonds. The number of aryl methyl sites for hydroxylation is 1. The summed E-state index contributed by atoms with van der Waals surface area (Å²) in [6.07, 6.45) is 3.01. The van der Waals surface area contributed by atoms with E-state index in [1.807, 2.05) is 0 Å². The monoisotopic (exact) mass is 275 g/mol. The molecule has 1 saturated heterocycles. The van der Waals surface area contributed by atoms with E-state index in [9.17, 15) is 13.2 Å². The van der Waals surface area contributed by atoms with Crippen LogP contribution in [0.25, 0.3) is 0 Å². The van der Waals surface area contributed by atoms with E-state index in [1.165, 1.54) is 12.4 Å². The number of carbonyl (C=O) groups excluding carboxylic acids is 1. The zero-order chi connectivity index (χ0) is 12.8. The van der Waals surface area contributed by atoms with E-state index < -0.39 is 20.7 Å². The standard InChI is InChI=1S/C9H10ClN3O3S/c1-6-8(12-4-3-11-6)9(2)5-7(14)13(9)17(10,15)16/h3-4H,5H2,1-2H3. The number of hydrogen-bond donors (Lipinski definition) is 0. The van der Waals surface area contributed by atoms with Gasteiger partial charge >= 0.3 is 9.24 Å². The third kappa shape index (κ3) is 1.79. The molecule has 2 rings (SSSR count). The van der Waals surface area contributed by atoms with Gasteiger partial charge in [-0.3, -0.25) is 14.8 Å². The summed E-state index contributed by atoms with van der Waals surface area (Å²) in [7, 11) is 1.15. The molecule has 1 aliphatic heterocycles. The van der Waals surface area contributed by atoms with Gasteiger partial charge < -0.3 is 0 Å². The summed E-state index contributed by atoms with van der Waals surface area (Å²) in [6, 6.07) is 0. The second kappa shape index (κ2) is 3.64. The Hall–Kier alpha value is -1.21. The Kier molecular flexibility index (Phi) is 2.62. The Morgan fingerprint density at radius 3 is 2.47 bits per heavy atom. The van der Waals surface area contributed by atoms with Gasteiger partial charge in [0.25, 0.3) is 0 Å². The van der Waals surface area contributed by atoms with E-state index in [0.717, 1.165) is 0 Å². The number of carbonyl (C=O) groups is 1. The normalized spacial score (nSPS) is 24.6. The molecule has 1 unspecified atom stereocenters. The van der Waals surface area contributed by atoms with Crippen molar-refractivity contribution >= 4 is 25.8 Å². The van der Waals surface area contributed by atoms with E-state index in [4.69, 9.17) is 10.7 Å². The molecular formula is C9H10ClN3O3S. The van der Waals surface area contributed by atoms with Gasteiger partial charge in [-0.2, -0.15) is 8.42 Å². The highest BCUT2D eigenvalue weighted by Crippen LogP contribution is 2.43. The minimum Gasteiger partial charge on any atom is -0.274 e. The maximum absolute atomic E-state index is 11.4. The van der Waals surface area contributed by atoms with Crippen molar-refractivity contribution in [2.24, 2.45) is 0 Å². The average Bonchev–Trinajstić information content (AvgIpc) is 2.14. The number of nitrogens with zero attached hydrogens (tertiary/aromatic N) is 3. The molecule has 1 atom stereocenters. The molecule has 92 valence electrons. The van der Waals surface area contributed by atoms with Gasteiger partial charge in [0.05, 0.1) is 17.8 Å². The first-order chi connectivity index (χ1) is 7.77. The smallest absolute Gasteiger partial charge is 0.274 e. The first kappa shape index (κ1) is 12.3. The molecule has 0 aliphatic carbocycles. The predicted octanol–water partition coefficient (Wildman–Crippen LogP) is 0.716. The molecule has 0 N–H and O–H groups in total. The van der Waals surface area contributed by atoms with Gasteiger partial charge in [0.1, 0.15) is 5.54 Å². The molecule has 0 saturated carbocycles. The Morgan fingerprint density at radius 1 is 1.41 bits per heavy atom. The van der Waals surface area contributed by atoms with Crippen molar-refractivity contribution in [2.45, 2.75) is 25.8 Å². The van der Waals surface area contributed by atoms with Crippen LogP contribution in [0.4, 0.5) is 0 Å². The number of halogens is 1. The van der Waals surface area contributed by atoms with E-state index in [1.54, 1.807) is 13.8 Å². The molecule has 0 spiro atoms. The second-order valence-corrected chi connectivity index (χ2v) is 6.40. The van der Waals surface area contributed by atoms with Crippen LogP contribution in [0.5, 0.6) is 0 Å².